The third-order valence-corrected chi connectivity index (χ3v) is 5.79. The Labute approximate surface area is 207 Å². The molecule has 0 radical (unpaired) electrons. The second-order valence-corrected chi connectivity index (χ2v) is 8.35. The highest BCUT2D eigenvalue weighted by Crippen LogP contribution is 2.31. The molecule has 0 atom stereocenters. The number of benzene rings is 4. The Hall–Kier alpha value is -4.29. The van der Waals surface area contributed by atoms with Gasteiger partial charge in [0.1, 0.15) is 5.75 Å². The lowest BCUT2D eigenvalue weighted by molar-refractivity contribution is 0.210. The first-order valence-corrected chi connectivity index (χ1v) is 11.4. The number of amides is 2. The largest absolute Gasteiger partial charge is 0.454 e. The van der Waals surface area contributed by atoms with Crippen molar-refractivity contribution in [1.82, 2.24) is 10.4 Å². The number of nitrogens with zero attached hydrogens (tertiary/aromatic N) is 1. The van der Waals surface area contributed by atoms with Crippen molar-refractivity contribution in [2.45, 2.75) is 0 Å². The summed E-state index contributed by atoms with van der Waals surface area (Å²) in [4.78, 5) is 13.1. The van der Waals surface area contributed by atoms with Gasteiger partial charge in [0, 0.05) is 16.3 Å². The molecule has 174 valence electrons. The van der Waals surface area contributed by atoms with Crippen LogP contribution < -0.4 is 15.5 Å². The van der Waals surface area contributed by atoms with Crippen molar-refractivity contribution in [2.24, 2.45) is 0 Å². The maximum atomic E-state index is 13.8. The van der Waals surface area contributed by atoms with E-state index in [4.69, 9.17) is 16.3 Å². The van der Waals surface area contributed by atoms with Crippen molar-refractivity contribution in [3.63, 3.8) is 0 Å². The molecule has 4 aromatic rings. The van der Waals surface area contributed by atoms with Crippen molar-refractivity contribution in [3.8, 4) is 11.5 Å². The molecule has 0 unspecified atom stereocenters. The molecule has 0 saturated heterocycles. The van der Waals surface area contributed by atoms with E-state index >= 15 is 0 Å². The first kappa shape index (κ1) is 22.5. The molecule has 0 aromatic heterocycles. The number of ether oxygens (including phenoxy) is 1. The lowest BCUT2D eigenvalue weighted by atomic mass is 10.0. The monoisotopic (exact) mass is 485 g/mol. The Kier molecular flexibility index (Phi) is 6.37. The first-order chi connectivity index (χ1) is 17.1. The van der Waals surface area contributed by atoms with Gasteiger partial charge in [0.15, 0.2) is 11.6 Å². The zero-order valence-corrected chi connectivity index (χ0v) is 19.3. The van der Waals surface area contributed by atoms with E-state index in [0.29, 0.717) is 23.0 Å². The summed E-state index contributed by atoms with van der Waals surface area (Å²) in [6.07, 6.45) is 0. The SMILES string of the molecule is O=C(Nc1ccc(Oc2ccccc2F)cc1)N1CC(c2ccccc2)=C(c2ccc(Cl)cc2)N1. The minimum absolute atomic E-state index is 0.139. The number of nitrogens with one attached hydrogen (secondary N) is 2. The molecule has 7 heteroatoms. The van der Waals surface area contributed by atoms with Gasteiger partial charge in [0.05, 0.1) is 12.2 Å². The molecular weight excluding hydrogens is 465 g/mol. The van der Waals surface area contributed by atoms with Gasteiger partial charge in [0.2, 0.25) is 0 Å². The van der Waals surface area contributed by atoms with E-state index in [1.54, 1.807) is 42.5 Å². The third-order valence-electron chi connectivity index (χ3n) is 5.54. The molecule has 1 aliphatic heterocycles. The summed E-state index contributed by atoms with van der Waals surface area (Å²) in [5.74, 6) is 0.161. The van der Waals surface area contributed by atoms with Gasteiger partial charge in [-0.15, -0.1) is 0 Å². The van der Waals surface area contributed by atoms with Crippen molar-refractivity contribution < 1.29 is 13.9 Å². The molecule has 1 heterocycles. The van der Waals surface area contributed by atoms with E-state index in [1.165, 1.54) is 11.1 Å². The molecule has 0 spiro atoms. The normalized spacial score (nSPS) is 12.9. The van der Waals surface area contributed by atoms with E-state index in [2.05, 4.69) is 10.7 Å². The predicted molar refractivity (Wildman–Crippen MR) is 136 cm³/mol. The van der Waals surface area contributed by atoms with Crippen LogP contribution in [0.1, 0.15) is 11.1 Å². The minimum Gasteiger partial charge on any atom is -0.454 e. The lowest BCUT2D eigenvalue weighted by Gasteiger charge is -2.19. The topological polar surface area (TPSA) is 53.6 Å². The number of hydrazine groups is 1. The van der Waals surface area contributed by atoms with Crippen LogP contribution in [0.5, 0.6) is 11.5 Å². The van der Waals surface area contributed by atoms with E-state index < -0.39 is 5.82 Å². The van der Waals surface area contributed by atoms with Crippen LogP contribution in [0.15, 0.2) is 103 Å². The van der Waals surface area contributed by atoms with Crippen molar-refractivity contribution >= 4 is 34.6 Å². The standard InChI is InChI=1S/C28H21ClFN3O2/c29-21-12-10-20(11-13-21)27-24(19-6-2-1-3-7-19)18-33(32-27)28(34)31-22-14-16-23(17-15-22)35-26-9-5-4-8-25(26)30/h1-17,32H,18H2,(H,31,34). The van der Waals surface area contributed by atoms with Crippen LogP contribution in [0.25, 0.3) is 11.3 Å². The van der Waals surface area contributed by atoms with Crippen LogP contribution in [0.2, 0.25) is 5.02 Å². The average molecular weight is 486 g/mol. The van der Waals surface area contributed by atoms with Crippen molar-refractivity contribution in [3.05, 3.63) is 125 Å². The molecule has 5 rings (SSSR count). The summed E-state index contributed by atoms with van der Waals surface area (Å²) in [5, 5.41) is 5.05. The van der Waals surface area contributed by atoms with Crippen molar-refractivity contribution in [2.75, 3.05) is 11.9 Å². The van der Waals surface area contributed by atoms with Gasteiger partial charge in [-0.2, -0.15) is 0 Å². The van der Waals surface area contributed by atoms with E-state index in [0.717, 1.165) is 22.4 Å². The third kappa shape index (κ3) is 5.13. The molecule has 4 aromatic carbocycles. The molecular formula is C28H21ClFN3O2. The second-order valence-electron chi connectivity index (χ2n) is 7.91. The van der Waals surface area contributed by atoms with Crippen LogP contribution in [0, 0.1) is 5.82 Å². The highest BCUT2D eigenvalue weighted by molar-refractivity contribution is 6.30. The number of para-hydroxylation sites is 1. The molecule has 2 N–H and O–H groups in total. The molecule has 5 nitrogen and oxygen atoms in total. The quantitative estimate of drug-likeness (QED) is 0.314. The zero-order valence-electron chi connectivity index (χ0n) is 18.5. The maximum Gasteiger partial charge on any atom is 0.340 e. The fourth-order valence-corrected chi connectivity index (χ4v) is 3.91. The van der Waals surface area contributed by atoms with Crippen LogP contribution in [0.4, 0.5) is 14.9 Å². The highest BCUT2D eigenvalue weighted by Gasteiger charge is 2.27. The van der Waals surface area contributed by atoms with Gasteiger partial charge in [-0.25, -0.2) is 14.2 Å². The highest BCUT2D eigenvalue weighted by atomic mass is 35.5. The van der Waals surface area contributed by atoms with Gasteiger partial charge in [-0.3, -0.25) is 5.43 Å². The number of carbonyl (C=O) groups is 1. The summed E-state index contributed by atoms with van der Waals surface area (Å²) in [7, 11) is 0. The summed E-state index contributed by atoms with van der Waals surface area (Å²) >= 11 is 6.07. The lowest BCUT2D eigenvalue weighted by Crippen LogP contribution is -2.40. The number of halogens is 2. The number of carbonyl (C=O) groups excluding carboxylic acids is 1. The van der Waals surface area contributed by atoms with Gasteiger partial charge in [-0.05, 0) is 59.7 Å². The van der Waals surface area contributed by atoms with Crippen molar-refractivity contribution in [1.29, 1.82) is 0 Å². The van der Waals surface area contributed by atoms with Crippen LogP contribution in [0.3, 0.4) is 0 Å². The summed E-state index contributed by atoms with van der Waals surface area (Å²) in [6.45, 7) is 0.377. The maximum absolute atomic E-state index is 13.8. The second kappa shape index (κ2) is 9.91. The Bertz CT molecular complexity index is 1370. The summed E-state index contributed by atoms with van der Waals surface area (Å²) < 4.78 is 19.4. The van der Waals surface area contributed by atoms with Gasteiger partial charge >= 0.3 is 6.03 Å². The molecule has 0 saturated carbocycles. The number of anilines is 1. The molecule has 2 amide bonds. The molecule has 1 aliphatic rings. The van der Waals surface area contributed by atoms with Gasteiger partial charge in [0.25, 0.3) is 0 Å². The molecule has 0 aliphatic carbocycles. The van der Waals surface area contributed by atoms with Crippen LogP contribution in [-0.2, 0) is 0 Å². The Morgan fingerprint density at radius 1 is 0.857 bits per heavy atom. The van der Waals surface area contributed by atoms with Crippen LogP contribution in [-0.4, -0.2) is 17.6 Å². The van der Waals surface area contributed by atoms with E-state index in [9.17, 15) is 9.18 Å². The minimum atomic E-state index is -0.441. The van der Waals surface area contributed by atoms with E-state index in [-0.39, 0.29) is 11.8 Å². The van der Waals surface area contributed by atoms with Crippen LogP contribution >= 0.6 is 11.6 Å². The number of hydrogen-bond donors (Lipinski definition) is 2. The van der Waals surface area contributed by atoms with E-state index in [1.807, 2.05) is 54.6 Å². The number of hydrogen-bond acceptors (Lipinski definition) is 3. The molecule has 35 heavy (non-hydrogen) atoms. The molecule has 0 fully saturated rings. The number of urea groups is 1. The first-order valence-electron chi connectivity index (χ1n) is 11.0. The Balaban J connectivity index is 1.30. The zero-order chi connectivity index (χ0) is 24.2. The smallest absolute Gasteiger partial charge is 0.340 e. The fraction of sp³-hybridized carbons (Fsp3) is 0.0357. The van der Waals surface area contributed by atoms with Gasteiger partial charge in [-0.1, -0.05) is 66.2 Å². The fourth-order valence-electron chi connectivity index (χ4n) is 3.78. The summed E-state index contributed by atoms with van der Waals surface area (Å²) in [6, 6.07) is 30.0. The van der Waals surface area contributed by atoms with Gasteiger partial charge < -0.3 is 10.1 Å². The molecule has 0 bridgehead atoms. The predicted octanol–water partition coefficient (Wildman–Crippen LogP) is 7.19. The Morgan fingerprint density at radius 3 is 2.26 bits per heavy atom. The summed E-state index contributed by atoms with van der Waals surface area (Å²) in [5.41, 5.74) is 7.61. The number of rotatable bonds is 5. The average Bonchev–Trinajstić information content (AvgIpc) is 3.33. The Morgan fingerprint density at radius 2 is 1.54 bits per heavy atom.